The average molecular weight is 481 g/mol. The molecule has 188 valence electrons. The fourth-order valence-electron chi connectivity index (χ4n) is 3.47. The van der Waals surface area contributed by atoms with Crippen molar-refractivity contribution in [2.75, 3.05) is 40.0 Å². The number of hydrogen-bond acceptors (Lipinski definition) is 6. The molecular formula is C28H36N2O5. The van der Waals surface area contributed by atoms with Gasteiger partial charge in [-0.2, -0.15) is 0 Å². The highest BCUT2D eigenvalue weighted by Crippen LogP contribution is 2.33. The minimum Gasteiger partial charge on any atom is -0.493 e. The van der Waals surface area contributed by atoms with E-state index in [1.807, 2.05) is 74.5 Å². The van der Waals surface area contributed by atoms with Crippen LogP contribution in [0.2, 0.25) is 0 Å². The summed E-state index contributed by atoms with van der Waals surface area (Å²) in [6.07, 6.45) is -0.628. The second kappa shape index (κ2) is 13.6. The van der Waals surface area contributed by atoms with Crippen molar-refractivity contribution >= 4 is 21.8 Å². The number of ether oxygens (including phenoxy) is 3. The van der Waals surface area contributed by atoms with E-state index in [1.165, 1.54) is 0 Å². The lowest BCUT2D eigenvalue weighted by Crippen LogP contribution is -2.33. The number of nitrogens with one attached hydrogen (secondary N) is 2. The summed E-state index contributed by atoms with van der Waals surface area (Å²) in [7, 11) is 1.62. The van der Waals surface area contributed by atoms with Gasteiger partial charge in [-0.05, 0) is 36.2 Å². The van der Waals surface area contributed by atoms with E-state index in [1.54, 1.807) is 7.11 Å². The Morgan fingerprint density at radius 1 is 0.857 bits per heavy atom. The van der Waals surface area contributed by atoms with Crippen molar-refractivity contribution in [3.05, 3.63) is 66.7 Å². The standard InChI is InChI=1S/C24H26N2O4.C4H10O/c1-28-21-10-4-5-11-22(21)29-14-13-25-15-17(27)16-30-23-12-6-9-20-24(23)18-7-2-3-8-19(18)26-20;1-4(2)3-5/h2-12,17,25-27H,13-16H2,1H3;4-5H,3H2,1-2H3. The first kappa shape index (κ1) is 26.3. The number of benzene rings is 3. The molecule has 0 bridgehead atoms. The van der Waals surface area contributed by atoms with Gasteiger partial charge in [0.15, 0.2) is 11.5 Å². The average Bonchev–Trinajstić information content (AvgIpc) is 3.27. The fraction of sp³-hybridized carbons (Fsp3) is 0.357. The molecule has 1 atom stereocenters. The molecule has 0 fully saturated rings. The highest BCUT2D eigenvalue weighted by Gasteiger charge is 2.11. The summed E-state index contributed by atoms with van der Waals surface area (Å²) in [6.45, 7) is 5.95. The Kier molecular flexibility index (Phi) is 10.2. The molecule has 4 aromatic rings. The monoisotopic (exact) mass is 480 g/mol. The van der Waals surface area contributed by atoms with Crippen LogP contribution < -0.4 is 19.5 Å². The Morgan fingerprint density at radius 3 is 2.26 bits per heavy atom. The zero-order chi connectivity index (χ0) is 25.0. The fourth-order valence-corrected chi connectivity index (χ4v) is 3.47. The van der Waals surface area contributed by atoms with E-state index < -0.39 is 6.10 Å². The first-order chi connectivity index (χ1) is 17.0. The maximum Gasteiger partial charge on any atom is 0.161 e. The van der Waals surface area contributed by atoms with Gasteiger partial charge in [0.05, 0.1) is 12.6 Å². The summed E-state index contributed by atoms with van der Waals surface area (Å²) in [5.41, 5.74) is 2.09. The predicted molar refractivity (Wildman–Crippen MR) is 141 cm³/mol. The number of aliphatic hydroxyl groups is 2. The van der Waals surface area contributed by atoms with Gasteiger partial charge < -0.3 is 34.7 Å². The highest BCUT2D eigenvalue weighted by atomic mass is 16.5. The zero-order valence-electron chi connectivity index (χ0n) is 20.7. The maximum atomic E-state index is 10.3. The van der Waals surface area contributed by atoms with Crippen LogP contribution in [-0.4, -0.2) is 61.3 Å². The normalized spacial score (nSPS) is 11.8. The zero-order valence-corrected chi connectivity index (χ0v) is 20.7. The molecule has 3 aromatic carbocycles. The van der Waals surface area contributed by atoms with Crippen molar-refractivity contribution in [1.82, 2.24) is 10.3 Å². The molecule has 0 aliphatic carbocycles. The molecule has 0 aliphatic rings. The van der Waals surface area contributed by atoms with E-state index in [9.17, 15) is 5.11 Å². The summed E-state index contributed by atoms with van der Waals surface area (Å²) in [4.78, 5) is 3.40. The van der Waals surface area contributed by atoms with Gasteiger partial charge in [0.25, 0.3) is 0 Å². The van der Waals surface area contributed by atoms with Gasteiger partial charge in [0, 0.05) is 36.0 Å². The van der Waals surface area contributed by atoms with E-state index in [4.69, 9.17) is 19.3 Å². The largest absolute Gasteiger partial charge is 0.493 e. The van der Waals surface area contributed by atoms with E-state index in [0.29, 0.717) is 43.7 Å². The van der Waals surface area contributed by atoms with Crippen LogP contribution in [-0.2, 0) is 0 Å². The molecule has 7 nitrogen and oxygen atoms in total. The topological polar surface area (TPSA) is 96.0 Å². The van der Waals surface area contributed by atoms with Crippen molar-refractivity contribution in [3.8, 4) is 17.2 Å². The molecule has 1 unspecified atom stereocenters. The SMILES string of the molecule is CC(C)CO.COc1ccccc1OCCNCC(O)COc1cccc2[nH]c3ccccc3c12. The van der Waals surface area contributed by atoms with Gasteiger partial charge in [-0.25, -0.2) is 0 Å². The van der Waals surface area contributed by atoms with Crippen molar-refractivity contribution in [1.29, 1.82) is 0 Å². The molecule has 35 heavy (non-hydrogen) atoms. The number of methoxy groups -OCH3 is 1. The lowest BCUT2D eigenvalue weighted by atomic mass is 10.1. The molecule has 7 heteroatoms. The molecule has 0 saturated carbocycles. The Morgan fingerprint density at radius 2 is 1.51 bits per heavy atom. The van der Waals surface area contributed by atoms with E-state index in [-0.39, 0.29) is 6.61 Å². The summed E-state index contributed by atoms with van der Waals surface area (Å²) in [6, 6.07) is 21.6. The van der Waals surface area contributed by atoms with Gasteiger partial charge in [0.2, 0.25) is 0 Å². The van der Waals surface area contributed by atoms with E-state index >= 15 is 0 Å². The summed E-state index contributed by atoms with van der Waals surface area (Å²) in [5.74, 6) is 2.62. The number of aromatic amines is 1. The van der Waals surface area contributed by atoms with Gasteiger partial charge in [-0.3, -0.25) is 0 Å². The molecule has 0 saturated heterocycles. The second-order valence-corrected chi connectivity index (χ2v) is 8.59. The van der Waals surface area contributed by atoms with Crippen LogP contribution in [0, 0.1) is 5.92 Å². The Labute approximate surface area is 206 Å². The Hall–Kier alpha value is -3.26. The molecule has 1 aromatic heterocycles. The number of para-hydroxylation sites is 3. The number of H-pyrrole nitrogens is 1. The molecule has 0 radical (unpaired) electrons. The number of aromatic nitrogens is 1. The van der Waals surface area contributed by atoms with Gasteiger partial charge in [-0.1, -0.05) is 50.2 Å². The number of aliphatic hydroxyl groups excluding tert-OH is 2. The van der Waals surface area contributed by atoms with Crippen LogP contribution in [0.15, 0.2) is 66.7 Å². The Balaban J connectivity index is 0.000000623. The van der Waals surface area contributed by atoms with E-state index in [2.05, 4.69) is 16.4 Å². The van der Waals surface area contributed by atoms with Crippen LogP contribution in [0.4, 0.5) is 0 Å². The predicted octanol–water partition coefficient (Wildman–Crippen LogP) is 4.37. The number of hydrogen-bond donors (Lipinski definition) is 4. The van der Waals surface area contributed by atoms with Crippen LogP contribution in [0.1, 0.15) is 13.8 Å². The molecule has 1 heterocycles. The Bertz CT molecular complexity index is 1170. The smallest absolute Gasteiger partial charge is 0.161 e. The molecular weight excluding hydrogens is 444 g/mol. The summed E-state index contributed by atoms with van der Waals surface area (Å²) < 4.78 is 16.9. The van der Waals surface area contributed by atoms with Gasteiger partial charge in [-0.15, -0.1) is 0 Å². The first-order valence-corrected chi connectivity index (χ1v) is 11.9. The second-order valence-electron chi connectivity index (χ2n) is 8.59. The highest BCUT2D eigenvalue weighted by molar-refractivity contribution is 6.10. The van der Waals surface area contributed by atoms with Crippen LogP contribution in [0.25, 0.3) is 21.8 Å². The molecule has 0 spiro atoms. The van der Waals surface area contributed by atoms with Gasteiger partial charge in [0.1, 0.15) is 25.1 Å². The first-order valence-electron chi connectivity index (χ1n) is 11.9. The lowest BCUT2D eigenvalue weighted by Gasteiger charge is -2.15. The maximum absolute atomic E-state index is 10.3. The van der Waals surface area contributed by atoms with Crippen molar-refractivity contribution in [2.24, 2.45) is 5.92 Å². The van der Waals surface area contributed by atoms with Gasteiger partial charge >= 0.3 is 0 Å². The van der Waals surface area contributed by atoms with Crippen molar-refractivity contribution in [3.63, 3.8) is 0 Å². The lowest BCUT2D eigenvalue weighted by molar-refractivity contribution is 0.106. The van der Waals surface area contributed by atoms with Crippen LogP contribution in [0.3, 0.4) is 0 Å². The molecule has 0 aliphatic heterocycles. The third-order valence-corrected chi connectivity index (χ3v) is 5.27. The summed E-state index contributed by atoms with van der Waals surface area (Å²) in [5, 5.41) is 23.8. The summed E-state index contributed by atoms with van der Waals surface area (Å²) >= 11 is 0. The van der Waals surface area contributed by atoms with E-state index in [0.717, 1.165) is 27.6 Å². The van der Waals surface area contributed by atoms with Crippen molar-refractivity contribution in [2.45, 2.75) is 20.0 Å². The number of rotatable bonds is 11. The quantitative estimate of drug-likeness (QED) is 0.238. The third kappa shape index (κ3) is 7.62. The van der Waals surface area contributed by atoms with Crippen LogP contribution >= 0.6 is 0 Å². The molecule has 0 amide bonds. The third-order valence-electron chi connectivity index (χ3n) is 5.27. The molecule has 4 N–H and O–H groups in total. The van der Waals surface area contributed by atoms with Crippen molar-refractivity contribution < 1.29 is 24.4 Å². The minimum atomic E-state index is -0.628. The molecule has 4 rings (SSSR count). The number of fused-ring (bicyclic) bond motifs is 3. The van der Waals surface area contributed by atoms with Crippen LogP contribution in [0.5, 0.6) is 17.2 Å². The minimum absolute atomic E-state index is 0.207.